The lowest BCUT2D eigenvalue weighted by atomic mass is 10.0. The van der Waals surface area contributed by atoms with E-state index in [2.05, 4.69) is 85.5 Å². The van der Waals surface area contributed by atoms with E-state index >= 15 is 0 Å². The van der Waals surface area contributed by atoms with Crippen molar-refractivity contribution in [1.82, 2.24) is 4.90 Å². The van der Waals surface area contributed by atoms with E-state index in [0.29, 0.717) is 0 Å². The molecule has 21 heavy (non-hydrogen) atoms. The molecule has 0 atom stereocenters. The van der Waals surface area contributed by atoms with E-state index in [4.69, 9.17) is 0 Å². The summed E-state index contributed by atoms with van der Waals surface area (Å²) < 4.78 is 0. The van der Waals surface area contributed by atoms with Crippen molar-refractivity contribution in [1.29, 1.82) is 0 Å². The second-order valence-electron chi connectivity index (χ2n) is 4.91. The smallest absolute Gasteiger partial charge is 0.0239 e. The summed E-state index contributed by atoms with van der Waals surface area (Å²) in [5.41, 5.74) is 3.95. The topological polar surface area (TPSA) is 3.24 Å². The molecule has 0 radical (unpaired) electrons. The van der Waals surface area contributed by atoms with Crippen LogP contribution >= 0.6 is 12.4 Å². The Morgan fingerprint density at radius 1 is 0.857 bits per heavy atom. The number of benzene rings is 2. The van der Waals surface area contributed by atoms with E-state index in [1.807, 2.05) is 0 Å². The highest BCUT2D eigenvalue weighted by molar-refractivity contribution is 5.85. The molecule has 112 valence electrons. The fourth-order valence-electron chi connectivity index (χ4n) is 2.31. The first-order valence-corrected chi connectivity index (χ1v) is 7.37. The van der Waals surface area contributed by atoms with Crippen LogP contribution in [0.15, 0.2) is 60.7 Å². The molecule has 2 aromatic carbocycles. The number of hydrogen-bond acceptors (Lipinski definition) is 1. The Bertz CT molecular complexity index is 530. The standard InChI is InChI=1S/C19H23N.ClH/c1-3-20(4-2)16-19(18-13-9-6-10-14-18)15-17-11-7-5-8-12-17;/h5-15H,3-4,16H2,1-2H3;1H/b19-15-;. The molecule has 0 saturated heterocycles. The van der Waals surface area contributed by atoms with Crippen molar-refractivity contribution in [3.63, 3.8) is 0 Å². The molecule has 0 spiro atoms. The van der Waals surface area contributed by atoms with Gasteiger partial charge >= 0.3 is 0 Å². The Labute approximate surface area is 134 Å². The Balaban J connectivity index is 0.00000220. The predicted octanol–water partition coefficient (Wildman–Crippen LogP) is 4.99. The number of halogens is 1. The Morgan fingerprint density at radius 3 is 1.90 bits per heavy atom. The summed E-state index contributed by atoms with van der Waals surface area (Å²) in [5, 5.41) is 0. The van der Waals surface area contributed by atoms with E-state index in [0.717, 1.165) is 19.6 Å². The van der Waals surface area contributed by atoms with E-state index in [-0.39, 0.29) is 12.4 Å². The fraction of sp³-hybridized carbons (Fsp3) is 0.263. The number of nitrogens with zero attached hydrogens (tertiary/aromatic N) is 1. The Morgan fingerprint density at radius 2 is 1.38 bits per heavy atom. The molecule has 0 saturated carbocycles. The van der Waals surface area contributed by atoms with Crippen molar-refractivity contribution in [3.8, 4) is 0 Å². The highest BCUT2D eigenvalue weighted by Gasteiger charge is 2.06. The van der Waals surface area contributed by atoms with Crippen LogP contribution in [-0.2, 0) is 0 Å². The SMILES string of the molecule is CCN(CC)C/C(=C/c1ccccc1)c1ccccc1.Cl. The Hall–Kier alpha value is -1.57. The van der Waals surface area contributed by atoms with Gasteiger partial charge in [0.1, 0.15) is 0 Å². The van der Waals surface area contributed by atoms with Crippen LogP contribution in [0.25, 0.3) is 11.6 Å². The third-order valence-corrected chi connectivity index (χ3v) is 3.57. The van der Waals surface area contributed by atoms with Gasteiger partial charge in [0.25, 0.3) is 0 Å². The molecule has 0 N–H and O–H groups in total. The molecule has 2 heteroatoms. The predicted molar refractivity (Wildman–Crippen MR) is 95.8 cm³/mol. The largest absolute Gasteiger partial charge is 0.300 e. The van der Waals surface area contributed by atoms with E-state index in [1.54, 1.807) is 0 Å². The first-order chi connectivity index (χ1) is 9.83. The summed E-state index contributed by atoms with van der Waals surface area (Å²) in [6, 6.07) is 21.2. The lowest BCUT2D eigenvalue weighted by Gasteiger charge is -2.20. The van der Waals surface area contributed by atoms with Crippen molar-refractivity contribution in [2.75, 3.05) is 19.6 Å². The molecule has 0 heterocycles. The van der Waals surface area contributed by atoms with Crippen molar-refractivity contribution >= 4 is 24.1 Å². The first kappa shape index (κ1) is 17.5. The van der Waals surface area contributed by atoms with Gasteiger partial charge in [-0.05, 0) is 35.9 Å². The van der Waals surface area contributed by atoms with Crippen LogP contribution in [0, 0.1) is 0 Å². The molecule has 0 aliphatic heterocycles. The first-order valence-electron chi connectivity index (χ1n) is 7.37. The van der Waals surface area contributed by atoms with E-state index in [9.17, 15) is 0 Å². The second kappa shape index (κ2) is 9.38. The summed E-state index contributed by atoms with van der Waals surface area (Å²) in [6.45, 7) is 7.58. The van der Waals surface area contributed by atoms with Crippen molar-refractivity contribution < 1.29 is 0 Å². The van der Waals surface area contributed by atoms with Crippen molar-refractivity contribution in [2.45, 2.75) is 13.8 Å². The molecular weight excluding hydrogens is 278 g/mol. The highest BCUT2D eigenvalue weighted by Crippen LogP contribution is 2.19. The second-order valence-corrected chi connectivity index (χ2v) is 4.91. The molecule has 1 nitrogen and oxygen atoms in total. The van der Waals surface area contributed by atoms with Crippen LogP contribution in [0.4, 0.5) is 0 Å². The number of hydrogen-bond donors (Lipinski definition) is 0. The highest BCUT2D eigenvalue weighted by atomic mass is 35.5. The average Bonchev–Trinajstić information content (AvgIpc) is 2.53. The Kier molecular flexibility index (Phi) is 7.81. The third-order valence-electron chi connectivity index (χ3n) is 3.57. The average molecular weight is 302 g/mol. The zero-order valence-corrected chi connectivity index (χ0v) is 13.6. The van der Waals surface area contributed by atoms with Gasteiger partial charge in [0.15, 0.2) is 0 Å². The minimum absolute atomic E-state index is 0. The summed E-state index contributed by atoms with van der Waals surface area (Å²) in [7, 11) is 0. The van der Waals surface area contributed by atoms with Crippen molar-refractivity contribution in [3.05, 3.63) is 71.8 Å². The minimum Gasteiger partial charge on any atom is -0.300 e. The summed E-state index contributed by atoms with van der Waals surface area (Å²) in [4.78, 5) is 2.45. The molecule has 0 unspecified atom stereocenters. The van der Waals surface area contributed by atoms with Crippen LogP contribution in [0.3, 0.4) is 0 Å². The third kappa shape index (κ3) is 5.37. The summed E-state index contributed by atoms with van der Waals surface area (Å²) in [6.07, 6.45) is 2.30. The molecule has 2 aromatic rings. The summed E-state index contributed by atoms with van der Waals surface area (Å²) in [5.74, 6) is 0. The molecule has 0 aliphatic carbocycles. The van der Waals surface area contributed by atoms with Crippen molar-refractivity contribution in [2.24, 2.45) is 0 Å². The quantitative estimate of drug-likeness (QED) is 0.679. The molecule has 2 rings (SSSR count). The van der Waals surface area contributed by atoms with Crippen LogP contribution in [-0.4, -0.2) is 24.5 Å². The fourth-order valence-corrected chi connectivity index (χ4v) is 2.31. The normalized spacial score (nSPS) is 11.3. The van der Waals surface area contributed by atoms with Gasteiger partial charge in [-0.25, -0.2) is 0 Å². The minimum atomic E-state index is 0. The van der Waals surface area contributed by atoms with Crippen LogP contribution in [0.2, 0.25) is 0 Å². The zero-order valence-electron chi connectivity index (χ0n) is 12.8. The van der Waals surface area contributed by atoms with E-state index in [1.165, 1.54) is 16.7 Å². The van der Waals surface area contributed by atoms with Gasteiger partial charge < -0.3 is 0 Å². The van der Waals surface area contributed by atoms with Gasteiger partial charge in [-0.15, -0.1) is 12.4 Å². The van der Waals surface area contributed by atoms with Gasteiger partial charge in [0.05, 0.1) is 0 Å². The molecule has 0 bridgehead atoms. The maximum atomic E-state index is 2.45. The lowest BCUT2D eigenvalue weighted by Crippen LogP contribution is -2.24. The van der Waals surface area contributed by atoms with Crippen LogP contribution in [0.1, 0.15) is 25.0 Å². The number of likely N-dealkylation sites (N-methyl/N-ethyl adjacent to an activating group) is 1. The van der Waals surface area contributed by atoms with Crippen LogP contribution < -0.4 is 0 Å². The lowest BCUT2D eigenvalue weighted by molar-refractivity contribution is 0.342. The molecule has 0 aromatic heterocycles. The molecule has 0 fully saturated rings. The van der Waals surface area contributed by atoms with Gasteiger partial charge in [0.2, 0.25) is 0 Å². The van der Waals surface area contributed by atoms with Gasteiger partial charge in [0, 0.05) is 6.54 Å². The van der Waals surface area contributed by atoms with E-state index < -0.39 is 0 Å². The van der Waals surface area contributed by atoms with Gasteiger partial charge in [-0.3, -0.25) is 4.90 Å². The summed E-state index contributed by atoms with van der Waals surface area (Å²) >= 11 is 0. The maximum Gasteiger partial charge on any atom is 0.0239 e. The number of rotatable bonds is 6. The van der Waals surface area contributed by atoms with Crippen LogP contribution in [0.5, 0.6) is 0 Å². The monoisotopic (exact) mass is 301 g/mol. The zero-order chi connectivity index (χ0) is 14.2. The maximum absolute atomic E-state index is 2.45. The molecule has 0 aliphatic rings. The molecule has 0 amide bonds. The van der Waals surface area contributed by atoms with Gasteiger partial charge in [-0.2, -0.15) is 0 Å². The molecular formula is C19H24ClN. The van der Waals surface area contributed by atoms with Gasteiger partial charge in [-0.1, -0.05) is 74.5 Å².